The van der Waals surface area contributed by atoms with Crippen LogP contribution in [0.2, 0.25) is 0 Å². The molecule has 0 atom stereocenters. The van der Waals surface area contributed by atoms with E-state index in [1.807, 2.05) is 0 Å². The van der Waals surface area contributed by atoms with Gasteiger partial charge in [0.2, 0.25) is 11.6 Å². The lowest BCUT2D eigenvalue weighted by atomic mass is 10.1. The molecule has 0 fully saturated rings. The van der Waals surface area contributed by atoms with Crippen LogP contribution in [0, 0.1) is 11.6 Å². The molecule has 2 N–H and O–H groups in total. The highest BCUT2D eigenvalue weighted by molar-refractivity contribution is 6.33. The predicted octanol–water partition coefficient (Wildman–Crippen LogP) is 3.83. The van der Waals surface area contributed by atoms with Crippen LogP contribution in [0.25, 0.3) is 0 Å². The van der Waals surface area contributed by atoms with Crippen molar-refractivity contribution < 1.29 is 28.2 Å². The van der Waals surface area contributed by atoms with Crippen molar-refractivity contribution in [1.82, 2.24) is 0 Å². The van der Waals surface area contributed by atoms with Crippen molar-refractivity contribution >= 4 is 7.32 Å². The molecular weight excluding hydrogens is 305 g/mol. The van der Waals surface area contributed by atoms with Crippen LogP contribution < -0.4 is 9.39 Å². The van der Waals surface area contributed by atoms with Crippen molar-refractivity contribution in [3.05, 3.63) is 23.8 Å². The molecule has 0 aliphatic carbocycles. The highest BCUT2D eigenvalue weighted by atomic mass is 19.2. The van der Waals surface area contributed by atoms with Crippen LogP contribution in [0.1, 0.15) is 58.3 Å². The van der Waals surface area contributed by atoms with Crippen LogP contribution in [0.4, 0.5) is 8.78 Å². The van der Waals surface area contributed by atoms with Crippen molar-refractivity contribution in [2.45, 2.75) is 58.3 Å². The van der Waals surface area contributed by atoms with Gasteiger partial charge >= 0.3 is 7.32 Å². The number of ether oxygens (including phenoxy) is 1. The molecule has 0 aliphatic rings. The number of halogens is 2. The van der Waals surface area contributed by atoms with Gasteiger partial charge in [-0.15, -0.1) is 0 Å². The van der Waals surface area contributed by atoms with Gasteiger partial charge in [-0.05, 0) is 18.6 Å². The average Bonchev–Trinajstić information content (AvgIpc) is 2.52. The van der Waals surface area contributed by atoms with Crippen molar-refractivity contribution in [1.29, 1.82) is 0 Å². The predicted molar refractivity (Wildman–Crippen MR) is 85.3 cm³/mol. The van der Waals surface area contributed by atoms with E-state index in [0.29, 0.717) is 6.61 Å². The molecule has 1 aromatic rings. The summed E-state index contributed by atoms with van der Waals surface area (Å²) in [5.74, 6) is -3.27. The van der Waals surface area contributed by atoms with Crippen molar-refractivity contribution in [2.24, 2.45) is 0 Å². The number of hydrogen-bond donors (Lipinski definition) is 2. The van der Waals surface area contributed by atoms with Gasteiger partial charge in [0, 0.05) is 0 Å². The Morgan fingerprint density at radius 2 is 1.39 bits per heavy atom. The van der Waals surface area contributed by atoms with Crippen molar-refractivity contribution in [3.63, 3.8) is 0 Å². The molecule has 0 saturated heterocycles. The van der Waals surface area contributed by atoms with Gasteiger partial charge in [-0.3, -0.25) is 0 Å². The summed E-state index contributed by atoms with van der Waals surface area (Å²) in [6.45, 7) is 2.50. The van der Waals surface area contributed by atoms with E-state index in [-0.39, 0.29) is 5.75 Å². The van der Waals surface area contributed by atoms with Crippen molar-refractivity contribution in [2.75, 3.05) is 6.61 Å². The van der Waals surface area contributed by atoms with Gasteiger partial charge in [0.15, 0.2) is 5.75 Å². The summed E-state index contributed by atoms with van der Waals surface area (Å²) >= 11 is 0. The first-order valence-electron chi connectivity index (χ1n) is 8.19. The Bertz CT molecular complexity index is 458. The molecule has 23 heavy (non-hydrogen) atoms. The van der Waals surface area contributed by atoms with E-state index in [2.05, 4.69) is 11.6 Å². The standard InChI is InChI=1S/C16H25BF2O4/c1-2-3-4-5-6-7-8-9-12-22-13-10-11-14(23-17(20)21)16(19)15(13)18/h10-11,20-21H,2-9,12H2,1H3. The molecule has 1 rings (SSSR count). The Morgan fingerprint density at radius 1 is 0.870 bits per heavy atom. The van der Waals surface area contributed by atoms with E-state index < -0.39 is 24.7 Å². The molecule has 0 bridgehead atoms. The first kappa shape index (κ1) is 19.7. The van der Waals surface area contributed by atoms with E-state index in [1.54, 1.807) is 0 Å². The van der Waals surface area contributed by atoms with Crippen molar-refractivity contribution in [3.8, 4) is 11.5 Å². The van der Waals surface area contributed by atoms with Gasteiger partial charge in [0.1, 0.15) is 5.75 Å². The highest BCUT2D eigenvalue weighted by Crippen LogP contribution is 2.27. The second-order valence-corrected chi connectivity index (χ2v) is 5.46. The molecule has 0 spiro atoms. The minimum Gasteiger partial charge on any atom is -0.509 e. The summed E-state index contributed by atoms with van der Waals surface area (Å²) < 4.78 is 36.9. The topological polar surface area (TPSA) is 58.9 Å². The summed E-state index contributed by atoms with van der Waals surface area (Å²) in [4.78, 5) is 0. The summed E-state index contributed by atoms with van der Waals surface area (Å²) in [5.41, 5.74) is 0. The first-order valence-corrected chi connectivity index (χ1v) is 8.19. The number of hydrogen-bond acceptors (Lipinski definition) is 4. The van der Waals surface area contributed by atoms with Gasteiger partial charge in [-0.2, -0.15) is 8.78 Å². The van der Waals surface area contributed by atoms with E-state index in [9.17, 15) is 8.78 Å². The fraction of sp³-hybridized carbons (Fsp3) is 0.625. The maximum Gasteiger partial charge on any atom is 0.707 e. The monoisotopic (exact) mass is 330 g/mol. The van der Waals surface area contributed by atoms with E-state index in [4.69, 9.17) is 14.8 Å². The normalized spacial score (nSPS) is 10.7. The third kappa shape index (κ3) is 7.66. The van der Waals surface area contributed by atoms with Crippen LogP contribution >= 0.6 is 0 Å². The highest BCUT2D eigenvalue weighted by Gasteiger charge is 2.20. The third-order valence-electron chi connectivity index (χ3n) is 3.50. The summed E-state index contributed by atoms with van der Waals surface area (Å²) in [7, 11) is -2.20. The molecule has 0 aliphatic heterocycles. The molecule has 7 heteroatoms. The largest absolute Gasteiger partial charge is 0.707 e. The average molecular weight is 330 g/mol. The molecule has 0 saturated carbocycles. The van der Waals surface area contributed by atoms with Crippen LogP contribution in [0.15, 0.2) is 12.1 Å². The Labute approximate surface area is 136 Å². The van der Waals surface area contributed by atoms with Gasteiger partial charge in [0.25, 0.3) is 0 Å². The summed E-state index contributed by atoms with van der Waals surface area (Å²) in [6.07, 6.45) is 9.11. The fourth-order valence-electron chi connectivity index (χ4n) is 2.25. The van der Waals surface area contributed by atoms with Crippen LogP contribution in [0.5, 0.6) is 11.5 Å². The molecule has 0 aromatic heterocycles. The Balaban J connectivity index is 2.26. The quantitative estimate of drug-likeness (QED) is 0.452. The number of benzene rings is 1. The zero-order valence-electron chi connectivity index (χ0n) is 13.6. The lowest BCUT2D eigenvalue weighted by molar-refractivity contribution is 0.268. The second kappa shape index (κ2) is 11.2. The smallest absolute Gasteiger partial charge is 0.509 e. The summed E-state index contributed by atoms with van der Waals surface area (Å²) in [5, 5.41) is 17.2. The van der Waals surface area contributed by atoms with E-state index >= 15 is 0 Å². The molecule has 0 unspecified atom stereocenters. The zero-order chi connectivity index (χ0) is 17.1. The zero-order valence-corrected chi connectivity index (χ0v) is 13.6. The molecule has 4 nitrogen and oxygen atoms in total. The second-order valence-electron chi connectivity index (χ2n) is 5.46. The number of unbranched alkanes of at least 4 members (excludes halogenated alkanes) is 7. The molecule has 130 valence electrons. The maximum atomic E-state index is 13.7. The van der Waals surface area contributed by atoms with E-state index in [1.165, 1.54) is 38.2 Å². The first-order chi connectivity index (χ1) is 11.1. The van der Waals surface area contributed by atoms with E-state index in [0.717, 1.165) is 25.3 Å². The lowest BCUT2D eigenvalue weighted by Gasteiger charge is -2.11. The summed E-state index contributed by atoms with van der Waals surface area (Å²) in [6, 6.07) is 2.31. The third-order valence-corrected chi connectivity index (χ3v) is 3.50. The Kier molecular flexibility index (Phi) is 9.63. The Hall–Kier alpha value is -1.34. The maximum absolute atomic E-state index is 13.7. The minimum absolute atomic E-state index is 0.203. The Morgan fingerprint density at radius 3 is 2.00 bits per heavy atom. The fourth-order valence-corrected chi connectivity index (χ4v) is 2.25. The SMILES string of the molecule is CCCCCCCCCCOc1ccc(OB(O)O)c(F)c1F. The molecular formula is C16H25BF2O4. The van der Waals surface area contributed by atoms with Crippen LogP contribution in [-0.2, 0) is 0 Å². The molecule has 0 heterocycles. The van der Waals surface area contributed by atoms with Gasteiger partial charge in [-0.25, -0.2) is 0 Å². The van der Waals surface area contributed by atoms with Crippen LogP contribution in [-0.4, -0.2) is 24.0 Å². The molecule has 0 radical (unpaired) electrons. The molecule has 0 amide bonds. The van der Waals surface area contributed by atoms with Gasteiger partial charge in [-0.1, -0.05) is 51.9 Å². The van der Waals surface area contributed by atoms with Gasteiger partial charge < -0.3 is 19.4 Å². The van der Waals surface area contributed by atoms with Gasteiger partial charge in [0.05, 0.1) is 6.61 Å². The lowest BCUT2D eigenvalue weighted by Crippen LogP contribution is -2.21. The number of rotatable bonds is 12. The van der Waals surface area contributed by atoms with Crippen LogP contribution in [0.3, 0.4) is 0 Å². The minimum atomic E-state index is -2.20. The molecule has 1 aromatic carbocycles.